The lowest BCUT2D eigenvalue weighted by Gasteiger charge is -2.38. The van der Waals surface area contributed by atoms with Gasteiger partial charge in [-0.1, -0.05) is 6.92 Å². The number of hydrogen-bond acceptors (Lipinski definition) is 5. The van der Waals surface area contributed by atoms with Gasteiger partial charge in [-0.3, -0.25) is 14.9 Å². The summed E-state index contributed by atoms with van der Waals surface area (Å²) in [4.78, 5) is 22.6. The summed E-state index contributed by atoms with van der Waals surface area (Å²) in [5.41, 5.74) is 0.116. The van der Waals surface area contributed by atoms with E-state index in [1.54, 1.807) is 12.1 Å². The molecule has 1 heterocycles. The number of nitrogens with zero attached hydrogens (tertiary/aromatic N) is 1. The van der Waals surface area contributed by atoms with Crippen LogP contribution < -0.4 is 5.32 Å². The quantitative estimate of drug-likeness (QED) is 0.492. The van der Waals surface area contributed by atoms with Gasteiger partial charge in [-0.25, -0.2) is 0 Å². The summed E-state index contributed by atoms with van der Waals surface area (Å²) in [6.45, 7) is 4.05. The highest BCUT2D eigenvalue weighted by atomic mass is 32.2. The van der Waals surface area contributed by atoms with Crippen LogP contribution >= 0.6 is 11.8 Å². The van der Waals surface area contributed by atoms with Crippen molar-refractivity contribution in [3.63, 3.8) is 0 Å². The molecule has 0 saturated carbocycles. The lowest BCUT2D eigenvalue weighted by atomic mass is 9.89. The summed E-state index contributed by atoms with van der Waals surface area (Å²) in [6, 6.07) is 6.17. The van der Waals surface area contributed by atoms with Crippen LogP contribution in [0.25, 0.3) is 0 Å². The number of rotatable bonds is 6. The van der Waals surface area contributed by atoms with E-state index in [4.69, 9.17) is 4.74 Å². The first-order valence-corrected chi connectivity index (χ1v) is 7.19. The smallest absolute Gasteiger partial charge is 0.269 e. The third-order valence-electron chi connectivity index (χ3n) is 3.03. The molecule has 1 aromatic rings. The molecule has 1 amide bonds. The van der Waals surface area contributed by atoms with Gasteiger partial charge in [-0.05, 0) is 12.1 Å². The molecule has 2 rings (SSSR count). The molecule has 6 nitrogen and oxygen atoms in total. The van der Waals surface area contributed by atoms with Crippen molar-refractivity contribution in [3.8, 4) is 0 Å². The third-order valence-corrected chi connectivity index (χ3v) is 4.04. The van der Waals surface area contributed by atoms with Gasteiger partial charge in [0.15, 0.2) is 0 Å². The number of nitrogens with one attached hydrogen (secondary N) is 1. The van der Waals surface area contributed by atoms with Crippen LogP contribution in [-0.2, 0) is 9.53 Å². The Kier molecular flexibility index (Phi) is 4.61. The average molecular weight is 296 g/mol. The maximum Gasteiger partial charge on any atom is 0.269 e. The van der Waals surface area contributed by atoms with Gasteiger partial charge in [0.1, 0.15) is 0 Å². The molecular weight excluding hydrogens is 280 g/mol. The monoisotopic (exact) mass is 296 g/mol. The van der Waals surface area contributed by atoms with Crippen LogP contribution in [0, 0.1) is 15.5 Å². The molecule has 20 heavy (non-hydrogen) atoms. The lowest BCUT2D eigenvalue weighted by molar-refractivity contribution is -0.384. The van der Waals surface area contributed by atoms with Gasteiger partial charge in [0.25, 0.3) is 5.69 Å². The lowest BCUT2D eigenvalue weighted by Crippen LogP contribution is -2.48. The number of benzene rings is 1. The summed E-state index contributed by atoms with van der Waals surface area (Å²) < 4.78 is 5.12. The van der Waals surface area contributed by atoms with Crippen molar-refractivity contribution in [3.05, 3.63) is 34.4 Å². The van der Waals surface area contributed by atoms with Gasteiger partial charge in [-0.15, -0.1) is 11.8 Å². The van der Waals surface area contributed by atoms with Crippen molar-refractivity contribution >= 4 is 23.4 Å². The highest BCUT2D eigenvalue weighted by Crippen LogP contribution is 2.25. The Hall–Kier alpha value is -1.60. The van der Waals surface area contributed by atoms with Crippen molar-refractivity contribution in [2.75, 3.05) is 25.5 Å². The highest BCUT2D eigenvalue weighted by molar-refractivity contribution is 8.00. The number of nitro benzene ring substituents is 1. The largest absolute Gasteiger partial charge is 0.380 e. The number of thioether (sulfide) groups is 1. The second-order valence-electron chi connectivity index (χ2n) is 5.12. The molecule has 108 valence electrons. The van der Waals surface area contributed by atoms with Gasteiger partial charge >= 0.3 is 0 Å². The second-order valence-corrected chi connectivity index (χ2v) is 6.17. The molecule has 1 aliphatic rings. The number of carbonyl (C=O) groups is 1. The van der Waals surface area contributed by atoms with Gasteiger partial charge in [0.2, 0.25) is 5.91 Å². The van der Waals surface area contributed by atoms with Crippen molar-refractivity contribution in [2.45, 2.75) is 11.8 Å². The predicted octanol–water partition coefficient (Wildman–Crippen LogP) is 1.84. The Morgan fingerprint density at radius 2 is 2.10 bits per heavy atom. The number of ether oxygens (including phenoxy) is 1. The molecule has 1 aliphatic heterocycles. The minimum absolute atomic E-state index is 0.0403. The van der Waals surface area contributed by atoms with E-state index in [9.17, 15) is 14.9 Å². The van der Waals surface area contributed by atoms with Crippen molar-refractivity contribution in [2.24, 2.45) is 5.41 Å². The van der Waals surface area contributed by atoms with E-state index in [-0.39, 0.29) is 17.0 Å². The second kappa shape index (κ2) is 6.23. The maximum absolute atomic E-state index is 11.7. The molecule has 1 saturated heterocycles. The SMILES string of the molecule is CC1(CNC(=O)CSc2ccc([N+](=O)[O-])cc2)COC1. The van der Waals surface area contributed by atoms with Gasteiger partial charge in [0, 0.05) is 29.0 Å². The minimum Gasteiger partial charge on any atom is -0.380 e. The number of non-ortho nitro benzene ring substituents is 1. The Morgan fingerprint density at radius 3 is 2.60 bits per heavy atom. The van der Waals surface area contributed by atoms with Crippen LogP contribution in [0.3, 0.4) is 0 Å². The van der Waals surface area contributed by atoms with Crippen LogP contribution in [0.4, 0.5) is 5.69 Å². The summed E-state index contributed by atoms with van der Waals surface area (Å²) in [5.74, 6) is 0.260. The fourth-order valence-corrected chi connectivity index (χ4v) is 2.46. The molecule has 7 heteroatoms. The minimum atomic E-state index is -0.442. The van der Waals surface area contributed by atoms with E-state index in [0.717, 1.165) is 4.90 Å². The first-order chi connectivity index (χ1) is 9.48. The highest BCUT2D eigenvalue weighted by Gasteiger charge is 2.33. The third kappa shape index (κ3) is 3.94. The van der Waals surface area contributed by atoms with Crippen LogP contribution in [0.2, 0.25) is 0 Å². The summed E-state index contributed by atoms with van der Waals surface area (Å²) in [6.07, 6.45) is 0. The molecule has 0 aromatic heterocycles. The van der Waals surface area contributed by atoms with Crippen LogP contribution in [0.1, 0.15) is 6.92 Å². The average Bonchev–Trinajstić information content (AvgIpc) is 2.41. The van der Waals surface area contributed by atoms with E-state index >= 15 is 0 Å². The van der Waals surface area contributed by atoms with E-state index in [1.165, 1.54) is 23.9 Å². The fraction of sp³-hybridized carbons (Fsp3) is 0.462. The fourth-order valence-electron chi connectivity index (χ4n) is 1.73. The Bertz CT molecular complexity index is 500. The molecule has 0 aliphatic carbocycles. The summed E-state index contributed by atoms with van der Waals surface area (Å²) in [5, 5.41) is 13.4. The molecular formula is C13H16N2O4S. The normalized spacial score (nSPS) is 16.2. The van der Waals surface area contributed by atoms with Crippen LogP contribution in [0.15, 0.2) is 29.2 Å². The maximum atomic E-state index is 11.7. The Morgan fingerprint density at radius 1 is 1.45 bits per heavy atom. The number of amides is 1. The zero-order chi connectivity index (χ0) is 14.6. The molecule has 0 atom stereocenters. The Labute approximate surface area is 121 Å². The number of nitro groups is 1. The van der Waals surface area contributed by atoms with Crippen LogP contribution in [-0.4, -0.2) is 36.3 Å². The number of carbonyl (C=O) groups excluding carboxylic acids is 1. The Balaban J connectivity index is 1.73. The number of hydrogen-bond donors (Lipinski definition) is 1. The summed E-state index contributed by atoms with van der Waals surface area (Å²) >= 11 is 1.36. The zero-order valence-corrected chi connectivity index (χ0v) is 11.9. The zero-order valence-electron chi connectivity index (χ0n) is 11.1. The standard InChI is InChI=1S/C13H16N2O4S/c1-13(8-19-9-13)7-14-12(16)6-20-11-4-2-10(3-5-11)15(17)18/h2-5H,6-9H2,1H3,(H,14,16). The van der Waals surface area contributed by atoms with Crippen molar-refractivity contribution in [1.29, 1.82) is 0 Å². The summed E-state index contributed by atoms with van der Waals surface area (Å²) in [7, 11) is 0. The molecule has 0 radical (unpaired) electrons. The predicted molar refractivity (Wildman–Crippen MR) is 75.8 cm³/mol. The van der Waals surface area contributed by atoms with E-state index in [2.05, 4.69) is 12.2 Å². The molecule has 0 spiro atoms. The van der Waals surface area contributed by atoms with E-state index in [1.807, 2.05) is 0 Å². The van der Waals surface area contributed by atoms with E-state index in [0.29, 0.717) is 25.5 Å². The van der Waals surface area contributed by atoms with Crippen LogP contribution in [0.5, 0.6) is 0 Å². The molecule has 1 N–H and O–H groups in total. The molecule has 1 fully saturated rings. The topological polar surface area (TPSA) is 81.5 Å². The van der Waals surface area contributed by atoms with Gasteiger partial charge < -0.3 is 10.1 Å². The van der Waals surface area contributed by atoms with Gasteiger partial charge in [0.05, 0.1) is 23.9 Å². The van der Waals surface area contributed by atoms with Crippen molar-refractivity contribution < 1.29 is 14.5 Å². The molecule has 0 bridgehead atoms. The first-order valence-electron chi connectivity index (χ1n) is 6.20. The van der Waals surface area contributed by atoms with Crippen molar-refractivity contribution in [1.82, 2.24) is 5.32 Å². The van der Waals surface area contributed by atoms with Gasteiger partial charge in [-0.2, -0.15) is 0 Å². The van der Waals surface area contributed by atoms with E-state index < -0.39 is 4.92 Å². The first kappa shape index (κ1) is 14.8. The molecule has 1 aromatic carbocycles. The molecule has 0 unspecified atom stereocenters.